The lowest BCUT2D eigenvalue weighted by atomic mass is 9.99. The Hall–Kier alpha value is -2.47. The maximum Gasteiger partial charge on any atom is 0.238 e. The number of pyridine rings is 1. The van der Waals surface area contributed by atoms with Crippen LogP contribution in [0.5, 0.6) is 0 Å². The van der Waals surface area contributed by atoms with E-state index in [2.05, 4.69) is 4.98 Å². The first-order chi connectivity index (χ1) is 16.6. The molecule has 184 valence electrons. The molecule has 6 rings (SSSR count). The molecule has 0 bridgehead atoms. The smallest absolute Gasteiger partial charge is 0.238 e. The SMILES string of the molecule is O=C1N(Cc2cc3cc(Cl)ccc3n2CCS(=O)(=O)N2CCCS2(=O)=O)c2cnccc2C12CC2. The van der Waals surface area contributed by atoms with Gasteiger partial charge in [0.15, 0.2) is 0 Å². The molecule has 35 heavy (non-hydrogen) atoms. The van der Waals surface area contributed by atoms with Crippen LogP contribution in [0.2, 0.25) is 5.02 Å². The van der Waals surface area contributed by atoms with Gasteiger partial charge in [-0.1, -0.05) is 15.3 Å². The maximum absolute atomic E-state index is 13.4. The van der Waals surface area contributed by atoms with Crippen molar-refractivity contribution in [2.75, 3.05) is 23.0 Å². The Labute approximate surface area is 208 Å². The number of amides is 1. The zero-order valence-corrected chi connectivity index (χ0v) is 21.1. The molecule has 0 radical (unpaired) electrons. The number of fused-ring (bicyclic) bond motifs is 3. The third-order valence-corrected chi connectivity index (χ3v) is 11.9. The second kappa shape index (κ2) is 7.76. The minimum atomic E-state index is -4.02. The number of halogens is 1. The number of anilines is 1. The first-order valence-corrected chi connectivity index (χ1v) is 15.0. The molecule has 1 aliphatic carbocycles. The van der Waals surface area contributed by atoms with E-state index in [0.29, 0.717) is 15.2 Å². The molecular weight excluding hydrogens is 512 g/mol. The number of rotatable bonds is 6. The van der Waals surface area contributed by atoms with Crippen LogP contribution in [0.1, 0.15) is 30.5 Å². The average molecular weight is 535 g/mol. The summed E-state index contributed by atoms with van der Waals surface area (Å²) in [7, 11) is -7.83. The summed E-state index contributed by atoms with van der Waals surface area (Å²) in [5, 5.41) is 1.36. The summed E-state index contributed by atoms with van der Waals surface area (Å²) in [4.78, 5) is 19.3. The molecule has 1 spiro atoms. The lowest BCUT2D eigenvalue weighted by Crippen LogP contribution is -2.36. The van der Waals surface area contributed by atoms with Gasteiger partial charge in [0, 0.05) is 40.9 Å². The molecular formula is C23H23ClN4O5S2. The van der Waals surface area contributed by atoms with Crippen molar-refractivity contribution in [1.82, 2.24) is 13.3 Å². The van der Waals surface area contributed by atoms with Crippen LogP contribution in [0, 0.1) is 0 Å². The summed E-state index contributed by atoms with van der Waals surface area (Å²) in [6.07, 6.45) is 5.31. The van der Waals surface area contributed by atoms with E-state index in [1.807, 2.05) is 22.8 Å². The zero-order chi connectivity index (χ0) is 24.6. The molecule has 4 heterocycles. The van der Waals surface area contributed by atoms with Gasteiger partial charge < -0.3 is 9.47 Å². The number of benzene rings is 1. The highest BCUT2D eigenvalue weighted by atomic mass is 35.5. The average Bonchev–Trinajstić information content (AvgIpc) is 3.36. The van der Waals surface area contributed by atoms with E-state index in [4.69, 9.17) is 11.6 Å². The van der Waals surface area contributed by atoms with Gasteiger partial charge in [0.1, 0.15) is 0 Å². The Kier molecular flexibility index (Phi) is 5.09. The Morgan fingerprint density at radius 1 is 1.14 bits per heavy atom. The van der Waals surface area contributed by atoms with Crippen molar-refractivity contribution in [2.24, 2.45) is 0 Å². The Balaban J connectivity index is 1.36. The standard InChI is InChI=1S/C23H23ClN4O5S2/c24-17-2-3-20-16(12-17)13-18(26(20)9-11-35(32,33)28-8-1-10-34(28,30)31)15-27-21-14-25-7-4-19(21)23(5-6-23)22(27)29/h2-4,7,12-14H,1,5-6,8-11,15H2. The number of hydrogen-bond acceptors (Lipinski definition) is 6. The van der Waals surface area contributed by atoms with Gasteiger partial charge in [-0.15, -0.1) is 0 Å². The number of carbonyl (C=O) groups is 1. The van der Waals surface area contributed by atoms with Crippen molar-refractivity contribution >= 4 is 54.1 Å². The molecule has 2 aliphatic heterocycles. The predicted octanol–water partition coefficient (Wildman–Crippen LogP) is 2.63. The lowest BCUT2D eigenvalue weighted by molar-refractivity contribution is -0.120. The summed E-state index contributed by atoms with van der Waals surface area (Å²) in [5.41, 5.74) is 2.81. The van der Waals surface area contributed by atoms with Gasteiger partial charge in [0.25, 0.3) is 0 Å². The van der Waals surface area contributed by atoms with E-state index in [0.717, 1.165) is 40.7 Å². The van der Waals surface area contributed by atoms with Gasteiger partial charge in [-0.2, -0.15) is 0 Å². The molecule has 12 heteroatoms. The first-order valence-electron chi connectivity index (χ1n) is 11.4. The Bertz CT molecular complexity index is 1600. The fourth-order valence-corrected chi connectivity index (χ4v) is 9.49. The van der Waals surface area contributed by atoms with Crippen molar-refractivity contribution in [3.63, 3.8) is 0 Å². The molecule has 2 aromatic heterocycles. The molecule has 1 saturated heterocycles. The van der Waals surface area contributed by atoms with Gasteiger partial charge in [-0.3, -0.25) is 9.78 Å². The number of aromatic nitrogens is 2. The second-order valence-corrected chi connectivity index (χ2v) is 14.0. The fourth-order valence-electron chi connectivity index (χ4n) is 5.35. The van der Waals surface area contributed by atoms with Gasteiger partial charge >= 0.3 is 0 Å². The molecule has 0 N–H and O–H groups in total. The van der Waals surface area contributed by atoms with E-state index in [1.54, 1.807) is 29.4 Å². The highest BCUT2D eigenvalue weighted by Gasteiger charge is 2.59. The zero-order valence-electron chi connectivity index (χ0n) is 18.7. The molecule has 1 aromatic carbocycles. The Morgan fingerprint density at radius 2 is 1.94 bits per heavy atom. The number of aryl methyl sites for hydroxylation is 1. The highest BCUT2D eigenvalue weighted by molar-refractivity contribution is 8.04. The van der Waals surface area contributed by atoms with E-state index in [1.165, 1.54) is 0 Å². The molecule has 0 unspecified atom stereocenters. The van der Waals surface area contributed by atoms with Crippen LogP contribution in [0.3, 0.4) is 0 Å². The van der Waals surface area contributed by atoms with Crippen molar-refractivity contribution < 1.29 is 21.6 Å². The van der Waals surface area contributed by atoms with Gasteiger partial charge in [-0.05, 0) is 55.2 Å². The Morgan fingerprint density at radius 3 is 2.66 bits per heavy atom. The lowest BCUT2D eigenvalue weighted by Gasteiger charge is -2.20. The van der Waals surface area contributed by atoms with Crippen LogP contribution in [0.25, 0.3) is 10.9 Å². The third-order valence-electron chi connectivity index (χ3n) is 7.22. The van der Waals surface area contributed by atoms with Gasteiger partial charge in [0.2, 0.25) is 26.0 Å². The van der Waals surface area contributed by atoms with Crippen molar-refractivity contribution in [2.45, 2.75) is 37.8 Å². The molecule has 1 saturated carbocycles. The van der Waals surface area contributed by atoms with Gasteiger partial charge in [-0.25, -0.2) is 16.8 Å². The first kappa shape index (κ1) is 23.0. The number of sulfonamides is 2. The van der Waals surface area contributed by atoms with Crippen LogP contribution in [0.4, 0.5) is 5.69 Å². The van der Waals surface area contributed by atoms with Crippen molar-refractivity contribution in [3.05, 3.63) is 59.0 Å². The van der Waals surface area contributed by atoms with Crippen LogP contribution >= 0.6 is 11.6 Å². The summed E-state index contributed by atoms with van der Waals surface area (Å²) >= 11 is 6.20. The molecule has 1 amide bonds. The number of carbonyl (C=O) groups excluding carboxylic acids is 1. The molecule has 9 nitrogen and oxygen atoms in total. The largest absolute Gasteiger partial charge is 0.342 e. The maximum atomic E-state index is 13.4. The topological polar surface area (TPSA) is 110 Å². The van der Waals surface area contributed by atoms with Crippen molar-refractivity contribution in [1.29, 1.82) is 0 Å². The molecule has 3 aliphatic rings. The molecule has 2 fully saturated rings. The van der Waals surface area contributed by atoms with E-state index >= 15 is 0 Å². The minimum Gasteiger partial charge on any atom is -0.342 e. The van der Waals surface area contributed by atoms with Gasteiger partial charge in [0.05, 0.1) is 35.3 Å². The van der Waals surface area contributed by atoms with E-state index in [-0.39, 0.29) is 37.0 Å². The van der Waals surface area contributed by atoms with Crippen LogP contribution in [-0.2, 0) is 43.3 Å². The minimum absolute atomic E-state index is 0.0201. The number of hydrogen-bond donors (Lipinski definition) is 0. The summed E-state index contributed by atoms with van der Waals surface area (Å²) < 4.78 is 52.8. The van der Waals surface area contributed by atoms with Crippen molar-refractivity contribution in [3.8, 4) is 0 Å². The quantitative estimate of drug-likeness (QED) is 0.481. The van der Waals surface area contributed by atoms with Crippen LogP contribution in [-0.4, -0.2) is 54.1 Å². The normalized spacial score (nSPS) is 20.7. The number of nitrogens with zero attached hydrogens (tertiary/aromatic N) is 4. The van der Waals surface area contributed by atoms with E-state index < -0.39 is 25.5 Å². The second-order valence-electron chi connectivity index (χ2n) is 9.34. The van der Waals surface area contributed by atoms with Crippen LogP contribution < -0.4 is 4.90 Å². The molecule has 3 aromatic rings. The predicted molar refractivity (Wildman–Crippen MR) is 132 cm³/mol. The fraction of sp³-hybridized carbons (Fsp3) is 0.391. The highest BCUT2D eigenvalue weighted by Crippen LogP contribution is 2.57. The third kappa shape index (κ3) is 3.59. The van der Waals surface area contributed by atoms with Crippen LogP contribution in [0.15, 0.2) is 42.7 Å². The molecule has 0 atom stereocenters. The van der Waals surface area contributed by atoms with E-state index in [9.17, 15) is 21.6 Å². The summed E-state index contributed by atoms with van der Waals surface area (Å²) in [5.74, 6) is -0.498. The monoisotopic (exact) mass is 534 g/mol. The summed E-state index contributed by atoms with van der Waals surface area (Å²) in [6.45, 7) is 0.267. The summed E-state index contributed by atoms with van der Waals surface area (Å²) in [6, 6.07) is 9.13.